The van der Waals surface area contributed by atoms with Gasteiger partial charge in [0.15, 0.2) is 0 Å². The summed E-state index contributed by atoms with van der Waals surface area (Å²) in [6.45, 7) is 2.38. The first-order chi connectivity index (χ1) is 8.56. The van der Waals surface area contributed by atoms with Crippen LogP contribution in [0.4, 0.5) is 4.39 Å². The molecule has 1 atom stereocenters. The molecule has 1 heterocycles. The van der Waals surface area contributed by atoms with Gasteiger partial charge in [-0.2, -0.15) is 0 Å². The molecule has 5 heteroatoms. The molecule has 0 aliphatic carbocycles. The monoisotopic (exact) mass is 252 g/mol. The highest BCUT2D eigenvalue weighted by Gasteiger charge is 2.17. The number of carboxylic acids is 1. The van der Waals surface area contributed by atoms with Gasteiger partial charge in [0.1, 0.15) is 5.82 Å². The van der Waals surface area contributed by atoms with Gasteiger partial charge in [-0.15, -0.1) is 0 Å². The summed E-state index contributed by atoms with van der Waals surface area (Å²) in [5.41, 5.74) is 6.38. The molecular formula is C13H17FN2O2. The van der Waals surface area contributed by atoms with Crippen LogP contribution in [0.25, 0.3) is 0 Å². The van der Waals surface area contributed by atoms with Crippen molar-refractivity contribution in [1.82, 2.24) is 4.90 Å². The Balaban J connectivity index is 2.05. The van der Waals surface area contributed by atoms with Gasteiger partial charge < -0.3 is 10.8 Å². The number of benzene rings is 1. The van der Waals surface area contributed by atoms with Gasteiger partial charge in [0.2, 0.25) is 0 Å². The summed E-state index contributed by atoms with van der Waals surface area (Å²) in [7, 11) is 0. The fourth-order valence-electron chi connectivity index (χ4n) is 2.32. The van der Waals surface area contributed by atoms with E-state index in [1.807, 2.05) is 0 Å². The van der Waals surface area contributed by atoms with Gasteiger partial charge in [0, 0.05) is 19.1 Å². The third-order valence-electron chi connectivity index (χ3n) is 3.21. The minimum atomic E-state index is -1.24. The molecule has 1 aromatic rings. The van der Waals surface area contributed by atoms with Gasteiger partial charge in [0.05, 0.1) is 5.56 Å². The summed E-state index contributed by atoms with van der Waals surface area (Å²) in [4.78, 5) is 12.9. The van der Waals surface area contributed by atoms with E-state index in [2.05, 4.69) is 4.90 Å². The van der Waals surface area contributed by atoms with Crippen LogP contribution in [-0.2, 0) is 6.54 Å². The SMILES string of the molecule is NC1CCCN(Cc2ccc(C(=O)O)c(F)c2)C1. The van der Waals surface area contributed by atoms with Crippen LogP contribution in [-0.4, -0.2) is 35.1 Å². The van der Waals surface area contributed by atoms with Crippen molar-refractivity contribution in [1.29, 1.82) is 0 Å². The van der Waals surface area contributed by atoms with Crippen LogP contribution in [0, 0.1) is 5.82 Å². The molecule has 1 saturated heterocycles. The lowest BCUT2D eigenvalue weighted by molar-refractivity contribution is 0.0692. The Kier molecular flexibility index (Phi) is 3.93. The van der Waals surface area contributed by atoms with Crippen molar-refractivity contribution in [3.63, 3.8) is 0 Å². The van der Waals surface area contributed by atoms with E-state index in [1.54, 1.807) is 6.07 Å². The number of rotatable bonds is 3. The van der Waals surface area contributed by atoms with E-state index in [-0.39, 0.29) is 11.6 Å². The lowest BCUT2D eigenvalue weighted by atomic mass is 10.0. The van der Waals surface area contributed by atoms with Gasteiger partial charge in [-0.3, -0.25) is 4.90 Å². The quantitative estimate of drug-likeness (QED) is 0.854. The molecule has 98 valence electrons. The Bertz CT molecular complexity index is 451. The molecule has 3 N–H and O–H groups in total. The number of likely N-dealkylation sites (tertiary alicyclic amines) is 1. The number of carbonyl (C=O) groups is 1. The summed E-state index contributed by atoms with van der Waals surface area (Å²) in [5, 5.41) is 8.75. The lowest BCUT2D eigenvalue weighted by Gasteiger charge is -2.30. The Labute approximate surface area is 105 Å². The second-order valence-corrected chi connectivity index (χ2v) is 4.76. The highest BCUT2D eigenvalue weighted by atomic mass is 19.1. The standard InChI is InChI=1S/C13H17FN2O2/c14-12-6-9(3-4-11(12)13(17)18)7-16-5-1-2-10(15)8-16/h3-4,6,10H,1-2,5,7-8,15H2,(H,17,18). The number of hydrogen-bond donors (Lipinski definition) is 2. The van der Waals surface area contributed by atoms with Crippen molar-refractivity contribution in [2.45, 2.75) is 25.4 Å². The molecule has 1 aliphatic rings. The maximum absolute atomic E-state index is 13.5. The van der Waals surface area contributed by atoms with Crippen molar-refractivity contribution in [3.05, 3.63) is 35.1 Å². The zero-order valence-corrected chi connectivity index (χ0v) is 10.1. The molecule has 0 saturated carbocycles. The fraction of sp³-hybridized carbons (Fsp3) is 0.462. The highest BCUT2D eigenvalue weighted by molar-refractivity contribution is 5.87. The largest absolute Gasteiger partial charge is 0.478 e. The summed E-state index contributed by atoms with van der Waals surface area (Å²) < 4.78 is 13.5. The Hall–Kier alpha value is -1.46. The van der Waals surface area contributed by atoms with Crippen molar-refractivity contribution in [2.24, 2.45) is 5.73 Å². The third-order valence-corrected chi connectivity index (χ3v) is 3.21. The molecule has 1 unspecified atom stereocenters. The topological polar surface area (TPSA) is 66.6 Å². The van der Waals surface area contributed by atoms with Gasteiger partial charge >= 0.3 is 5.97 Å². The molecule has 2 rings (SSSR count). The lowest BCUT2D eigenvalue weighted by Crippen LogP contribution is -2.42. The maximum atomic E-state index is 13.5. The molecule has 18 heavy (non-hydrogen) atoms. The van der Waals surface area contributed by atoms with E-state index in [9.17, 15) is 9.18 Å². The molecule has 0 spiro atoms. The van der Waals surface area contributed by atoms with Gasteiger partial charge in [-0.1, -0.05) is 6.07 Å². The number of aromatic carboxylic acids is 1. The van der Waals surface area contributed by atoms with Crippen LogP contribution in [0.2, 0.25) is 0 Å². The molecule has 0 radical (unpaired) electrons. The van der Waals surface area contributed by atoms with Crippen LogP contribution in [0.3, 0.4) is 0 Å². The molecule has 1 fully saturated rings. The van der Waals surface area contributed by atoms with Crippen molar-refractivity contribution < 1.29 is 14.3 Å². The molecule has 0 amide bonds. The average Bonchev–Trinajstić information content (AvgIpc) is 2.28. The predicted molar refractivity (Wildman–Crippen MR) is 65.8 cm³/mol. The van der Waals surface area contributed by atoms with E-state index in [0.29, 0.717) is 6.54 Å². The molecule has 0 aromatic heterocycles. The van der Waals surface area contributed by atoms with Crippen LogP contribution >= 0.6 is 0 Å². The summed E-state index contributed by atoms with van der Waals surface area (Å²) in [5.74, 6) is -1.92. The van der Waals surface area contributed by atoms with Crippen molar-refractivity contribution in [2.75, 3.05) is 13.1 Å². The van der Waals surface area contributed by atoms with Crippen LogP contribution in [0.1, 0.15) is 28.8 Å². The van der Waals surface area contributed by atoms with E-state index in [1.165, 1.54) is 12.1 Å². The molecule has 4 nitrogen and oxygen atoms in total. The molecule has 1 aromatic carbocycles. The van der Waals surface area contributed by atoms with Gasteiger partial charge in [-0.05, 0) is 37.1 Å². The number of nitrogens with zero attached hydrogens (tertiary/aromatic N) is 1. The molecular weight excluding hydrogens is 235 g/mol. The number of halogens is 1. The van der Waals surface area contributed by atoms with Crippen molar-refractivity contribution in [3.8, 4) is 0 Å². The van der Waals surface area contributed by atoms with E-state index < -0.39 is 11.8 Å². The Morgan fingerprint density at radius 1 is 1.56 bits per heavy atom. The second kappa shape index (κ2) is 5.46. The molecule has 1 aliphatic heterocycles. The first kappa shape index (κ1) is 13.0. The maximum Gasteiger partial charge on any atom is 0.338 e. The number of hydrogen-bond acceptors (Lipinski definition) is 3. The first-order valence-corrected chi connectivity index (χ1v) is 6.06. The zero-order valence-electron chi connectivity index (χ0n) is 10.1. The summed E-state index contributed by atoms with van der Waals surface area (Å²) in [6, 6.07) is 4.45. The van der Waals surface area contributed by atoms with E-state index in [0.717, 1.165) is 31.5 Å². The average molecular weight is 252 g/mol. The van der Waals surface area contributed by atoms with Crippen LogP contribution in [0.15, 0.2) is 18.2 Å². The second-order valence-electron chi connectivity index (χ2n) is 4.76. The smallest absolute Gasteiger partial charge is 0.338 e. The molecule has 0 bridgehead atoms. The normalized spacial score (nSPS) is 20.9. The Morgan fingerprint density at radius 2 is 2.33 bits per heavy atom. The number of nitrogens with two attached hydrogens (primary N) is 1. The number of carboxylic acid groups (broad SMARTS) is 1. The van der Waals surface area contributed by atoms with Crippen LogP contribution in [0.5, 0.6) is 0 Å². The summed E-state index contributed by atoms with van der Waals surface area (Å²) in [6.07, 6.45) is 2.08. The highest BCUT2D eigenvalue weighted by Crippen LogP contribution is 2.15. The van der Waals surface area contributed by atoms with Gasteiger partial charge in [-0.25, -0.2) is 9.18 Å². The van der Waals surface area contributed by atoms with E-state index >= 15 is 0 Å². The third kappa shape index (κ3) is 3.05. The number of piperidine rings is 1. The predicted octanol–water partition coefficient (Wildman–Crippen LogP) is 1.45. The van der Waals surface area contributed by atoms with Crippen LogP contribution < -0.4 is 5.73 Å². The summed E-state index contributed by atoms with van der Waals surface area (Å²) >= 11 is 0. The minimum Gasteiger partial charge on any atom is -0.478 e. The van der Waals surface area contributed by atoms with Gasteiger partial charge in [0.25, 0.3) is 0 Å². The first-order valence-electron chi connectivity index (χ1n) is 6.06. The Morgan fingerprint density at radius 3 is 2.94 bits per heavy atom. The zero-order chi connectivity index (χ0) is 13.1. The van der Waals surface area contributed by atoms with E-state index in [4.69, 9.17) is 10.8 Å². The minimum absolute atomic E-state index is 0.182. The fourth-order valence-corrected chi connectivity index (χ4v) is 2.32. The van der Waals surface area contributed by atoms with Crippen molar-refractivity contribution >= 4 is 5.97 Å².